The predicted molar refractivity (Wildman–Crippen MR) is 99.5 cm³/mol. The molecule has 0 aliphatic carbocycles. The van der Waals surface area contributed by atoms with Gasteiger partial charge >= 0.3 is 0 Å². The van der Waals surface area contributed by atoms with E-state index >= 15 is 0 Å². The highest BCUT2D eigenvalue weighted by Crippen LogP contribution is 2.26. The fourth-order valence-corrected chi connectivity index (χ4v) is 3.48. The van der Waals surface area contributed by atoms with E-state index in [0.717, 1.165) is 12.8 Å². The van der Waals surface area contributed by atoms with Gasteiger partial charge in [0.2, 0.25) is 0 Å². The zero-order valence-electron chi connectivity index (χ0n) is 15.3. The number of hydrogen-bond donors (Lipinski definition) is 1. The van der Waals surface area contributed by atoms with Gasteiger partial charge in [0.15, 0.2) is 0 Å². The summed E-state index contributed by atoms with van der Waals surface area (Å²) in [6, 6.07) is 9.86. The summed E-state index contributed by atoms with van der Waals surface area (Å²) < 4.78 is 5.51. The van der Waals surface area contributed by atoms with Gasteiger partial charge in [-0.1, -0.05) is 12.1 Å². The average Bonchev–Trinajstić information content (AvgIpc) is 3.31. The summed E-state index contributed by atoms with van der Waals surface area (Å²) in [5.74, 6) is -2.61. The monoisotopic (exact) mass is 393 g/mol. The van der Waals surface area contributed by atoms with Crippen LogP contribution in [0.1, 0.15) is 54.3 Å². The van der Waals surface area contributed by atoms with Crippen molar-refractivity contribution in [2.45, 2.75) is 18.9 Å². The average molecular weight is 393 g/mol. The Morgan fingerprint density at radius 3 is 2.38 bits per heavy atom. The molecule has 2 aromatic rings. The number of carboxylic acids is 1. The second-order valence-electron chi connectivity index (χ2n) is 6.94. The Bertz CT molecular complexity index is 1010. The summed E-state index contributed by atoms with van der Waals surface area (Å²) in [5.41, 5.74) is 1.06. The largest absolute Gasteiger partial charge is 0.545 e. The third kappa shape index (κ3) is 3.62. The van der Waals surface area contributed by atoms with Crippen LogP contribution in [0.15, 0.2) is 42.5 Å². The lowest BCUT2D eigenvalue weighted by Gasteiger charge is -2.17. The molecule has 1 atom stereocenters. The first-order valence-electron chi connectivity index (χ1n) is 9.18. The normalized spacial score (nSPS) is 18.1. The molecule has 8 heteroatoms. The number of amides is 3. The van der Waals surface area contributed by atoms with Gasteiger partial charge in [-0.25, -0.2) is 0 Å². The topological polar surface area (TPSA) is 116 Å². The number of ether oxygens (including phenoxy) is 1. The Labute approximate surface area is 166 Å². The Morgan fingerprint density at radius 2 is 1.72 bits per heavy atom. The smallest absolute Gasteiger partial charge is 0.261 e. The number of carboxylic acid groups (broad SMARTS) is 1. The van der Waals surface area contributed by atoms with Crippen LogP contribution in [0.4, 0.5) is 5.69 Å². The Balaban J connectivity index is 1.50. The van der Waals surface area contributed by atoms with Gasteiger partial charge in [-0.15, -0.1) is 0 Å². The molecule has 8 nitrogen and oxygen atoms in total. The standard InChI is InChI=1S/C21H18N2O6/c24-18(22-14-6-3-12(4-7-14)21(27)28)13-5-8-16-17(10-13)20(26)23(19(16)25)11-15-2-1-9-29-15/h3-8,10,15H,1-2,9,11H2,(H,22,24)(H,27,28)/p-1/t15-/m0/s1. The summed E-state index contributed by atoms with van der Waals surface area (Å²) in [7, 11) is 0. The van der Waals surface area contributed by atoms with Crippen LogP contribution in [0.3, 0.4) is 0 Å². The molecule has 2 heterocycles. The van der Waals surface area contributed by atoms with Crippen molar-refractivity contribution in [3.05, 3.63) is 64.7 Å². The first-order chi connectivity index (χ1) is 13.9. The first kappa shape index (κ1) is 18.8. The molecule has 0 spiro atoms. The second-order valence-corrected chi connectivity index (χ2v) is 6.94. The van der Waals surface area contributed by atoms with Crippen molar-refractivity contribution in [1.82, 2.24) is 4.90 Å². The minimum absolute atomic E-state index is 0.00373. The van der Waals surface area contributed by atoms with Gasteiger partial charge in [0.25, 0.3) is 17.7 Å². The summed E-state index contributed by atoms with van der Waals surface area (Å²) in [4.78, 5) is 49.7. The fraction of sp³-hybridized carbons (Fsp3) is 0.238. The lowest BCUT2D eigenvalue weighted by molar-refractivity contribution is -0.255. The van der Waals surface area contributed by atoms with Gasteiger partial charge < -0.3 is 20.0 Å². The van der Waals surface area contributed by atoms with Gasteiger partial charge in [0, 0.05) is 17.9 Å². The molecule has 2 aliphatic rings. The second kappa shape index (κ2) is 7.48. The van der Waals surface area contributed by atoms with Gasteiger partial charge in [-0.3, -0.25) is 19.3 Å². The van der Waals surface area contributed by atoms with Crippen molar-refractivity contribution in [2.24, 2.45) is 0 Å². The highest BCUT2D eigenvalue weighted by molar-refractivity contribution is 6.22. The van der Waals surface area contributed by atoms with E-state index in [4.69, 9.17) is 4.74 Å². The van der Waals surface area contributed by atoms with E-state index in [1.54, 1.807) is 0 Å². The molecule has 148 valence electrons. The third-order valence-corrected chi connectivity index (χ3v) is 5.02. The minimum Gasteiger partial charge on any atom is -0.545 e. The number of fused-ring (bicyclic) bond motifs is 1. The maximum absolute atomic E-state index is 12.7. The molecule has 1 N–H and O–H groups in total. The van der Waals surface area contributed by atoms with Gasteiger partial charge in [-0.2, -0.15) is 0 Å². The van der Waals surface area contributed by atoms with Crippen LogP contribution in [0, 0.1) is 0 Å². The van der Waals surface area contributed by atoms with Crippen molar-refractivity contribution in [3.63, 3.8) is 0 Å². The molecule has 3 amide bonds. The number of carbonyl (C=O) groups is 4. The van der Waals surface area contributed by atoms with Crippen LogP contribution < -0.4 is 10.4 Å². The molecular weight excluding hydrogens is 376 g/mol. The van der Waals surface area contributed by atoms with Crippen LogP contribution in [0.5, 0.6) is 0 Å². The molecular formula is C21H17N2O6-. The predicted octanol–water partition coefficient (Wildman–Crippen LogP) is 1.08. The SMILES string of the molecule is O=C([O-])c1ccc(NC(=O)c2ccc3c(c2)C(=O)N(C[C@@H]2CCCO2)C3=O)cc1. The van der Waals surface area contributed by atoms with Crippen molar-refractivity contribution >= 4 is 29.4 Å². The van der Waals surface area contributed by atoms with E-state index in [2.05, 4.69) is 5.32 Å². The van der Waals surface area contributed by atoms with Crippen molar-refractivity contribution in [1.29, 1.82) is 0 Å². The molecule has 4 rings (SSSR count). The van der Waals surface area contributed by atoms with Crippen LogP contribution >= 0.6 is 0 Å². The van der Waals surface area contributed by atoms with E-state index in [1.165, 1.54) is 47.4 Å². The number of benzene rings is 2. The Morgan fingerprint density at radius 1 is 1.03 bits per heavy atom. The molecule has 0 aromatic heterocycles. The fourth-order valence-electron chi connectivity index (χ4n) is 3.48. The first-order valence-corrected chi connectivity index (χ1v) is 9.18. The number of imide groups is 1. The van der Waals surface area contributed by atoms with Crippen LogP contribution in [-0.2, 0) is 4.74 Å². The molecule has 29 heavy (non-hydrogen) atoms. The van der Waals surface area contributed by atoms with Crippen molar-refractivity contribution < 1.29 is 29.0 Å². The molecule has 0 saturated carbocycles. The Hall–Kier alpha value is -3.52. The quantitative estimate of drug-likeness (QED) is 0.760. The van der Waals surface area contributed by atoms with Crippen LogP contribution in [0.2, 0.25) is 0 Å². The van der Waals surface area contributed by atoms with E-state index in [1.807, 2.05) is 0 Å². The number of aromatic carboxylic acids is 1. The number of nitrogens with zero attached hydrogens (tertiary/aromatic N) is 1. The maximum atomic E-state index is 12.7. The minimum atomic E-state index is -1.31. The highest BCUT2D eigenvalue weighted by Gasteiger charge is 2.37. The molecule has 0 unspecified atom stereocenters. The van der Waals surface area contributed by atoms with E-state index in [0.29, 0.717) is 12.3 Å². The van der Waals surface area contributed by atoms with Crippen molar-refractivity contribution in [2.75, 3.05) is 18.5 Å². The van der Waals surface area contributed by atoms with Crippen LogP contribution in [-0.4, -0.2) is 47.8 Å². The third-order valence-electron chi connectivity index (χ3n) is 5.02. The summed E-state index contributed by atoms with van der Waals surface area (Å²) >= 11 is 0. The number of rotatable bonds is 5. The molecule has 1 fully saturated rings. The van der Waals surface area contributed by atoms with Gasteiger partial charge in [0.05, 0.1) is 29.7 Å². The zero-order valence-corrected chi connectivity index (χ0v) is 15.3. The molecule has 2 aliphatic heterocycles. The Kier molecular flexibility index (Phi) is 4.85. The summed E-state index contributed by atoms with van der Waals surface area (Å²) in [6.45, 7) is 0.834. The highest BCUT2D eigenvalue weighted by atomic mass is 16.5. The summed E-state index contributed by atoms with van der Waals surface area (Å²) in [5, 5.41) is 13.4. The number of nitrogens with one attached hydrogen (secondary N) is 1. The number of carbonyl (C=O) groups excluding carboxylic acids is 4. The lowest BCUT2D eigenvalue weighted by atomic mass is 10.1. The molecule has 0 bridgehead atoms. The zero-order chi connectivity index (χ0) is 20.5. The van der Waals surface area contributed by atoms with Gasteiger partial charge in [0.1, 0.15) is 0 Å². The number of anilines is 1. The number of hydrogen-bond acceptors (Lipinski definition) is 6. The maximum Gasteiger partial charge on any atom is 0.261 e. The molecule has 0 radical (unpaired) electrons. The van der Waals surface area contributed by atoms with Crippen molar-refractivity contribution in [3.8, 4) is 0 Å². The van der Waals surface area contributed by atoms with Crippen LogP contribution in [0.25, 0.3) is 0 Å². The lowest BCUT2D eigenvalue weighted by Crippen LogP contribution is -2.36. The van der Waals surface area contributed by atoms with E-state index in [-0.39, 0.29) is 40.8 Å². The molecule has 2 aromatic carbocycles. The summed E-state index contributed by atoms with van der Waals surface area (Å²) in [6.07, 6.45) is 1.56. The molecule has 1 saturated heterocycles. The van der Waals surface area contributed by atoms with E-state index < -0.39 is 17.8 Å². The van der Waals surface area contributed by atoms with E-state index in [9.17, 15) is 24.3 Å². The van der Waals surface area contributed by atoms with Gasteiger partial charge in [-0.05, 0) is 48.7 Å².